The fourth-order valence-electron chi connectivity index (χ4n) is 3.33. The molecule has 2 saturated heterocycles. The van der Waals surface area contributed by atoms with Crippen LogP contribution in [0.3, 0.4) is 0 Å². The molecule has 2 fully saturated rings. The summed E-state index contributed by atoms with van der Waals surface area (Å²) >= 11 is 0. The van der Waals surface area contributed by atoms with E-state index in [0.717, 1.165) is 44.9 Å². The van der Waals surface area contributed by atoms with Gasteiger partial charge in [-0.2, -0.15) is 0 Å². The molecule has 23 heavy (non-hydrogen) atoms. The van der Waals surface area contributed by atoms with E-state index < -0.39 is 0 Å². The van der Waals surface area contributed by atoms with E-state index in [4.69, 9.17) is 4.74 Å². The van der Waals surface area contributed by atoms with Crippen LogP contribution in [0.4, 0.5) is 5.69 Å². The Balaban J connectivity index is 1.46. The molecule has 2 N–H and O–H groups in total. The molecule has 2 atom stereocenters. The van der Waals surface area contributed by atoms with Crippen LogP contribution in [0.25, 0.3) is 0 Å². The lowest BCUT2D eigenvalue weighted by Crippen LogP contribution is -2.50. The summed E-state index contributed by atoms with van der Waals surface area (Å²) in [6.45, 7) is 6.80. The van der Waals surface area contributed by atoms with E-state index in [9.17, 15) is 4.79 Å². The number of anilines is 1. The normalized spacial score (nSPS) is 22.5. The summed E-state index contributed by atoms with van der Waals surface area (Å²) in [6, 6.07) is 8.19. The van der Waals surface area contributed by atoms with E-state index in [-0.39, 0.29) is 11.8 Å². The van der Waals surface area contributed by atoms with E-state index >= 15 is 0 Å². The van der Waals surface area contributed by atoms with Gasteiger partial charge in [0.05, 0.1) is 7.11 Å². The first-order valence-electron chi connectivity index (χ1n) is 8.55. The number of hydrogen-bond donors (Lipinski definition) is 2. The molecule has 3 rings (SSSR count). The smallest absolute Gasteiger partial charge is 0.223 e. The van der Waals surface area contributed by atoms with E-state index in [1.54, 1.807) is 7.11 Å². The van der Waals surface area contributed by atoms with E-state index in [0.29, 0.717) is 11.8 Å². The fraction of sp³-hybridized carbons (Fsp3) is 0.611. The van der Waals surface area contributed by atoms with Gasteiger partial charge in [-0.3, -0.25) is 4.79 Å². The second kappa shape index (κ2) is 7.21. The molecule has 5 nitrogen and oxygen atoms in total. The second-order valence-electron chi connectivity index (χ2n) is 6.75. The Kier molecular flexibility index (Phi) is 5.06. The lowest BCUT2D eigenvalue weighted by molar-refractivity contribution is -0.126. The summed E-state index contributed by atoms with van der Waals surface area (Å²) in [7, 11) is 1.69. The number of nitrogens with one attached hydrogen (secondary N) is 2. The van der Waals surface area contributed by atoms with Crippen molar-refractivity contribution < 1.29 is 9.53 Å². The maximum absolute atomic E-state index is 12.2. The molecule has 5 heteroatoms. The van der Waals surface area contributed by atoms with Crippen LogP contribution in [0, 0.1) is 17.8 Å². The number of rotatable bonds is 6. The van der Waals surface area contributed by atoms with Crippen LogP contribution >= 0.6 is 0 Å². The van der Waals surface area contributed by atoms with Gasteiger partial charge in [0.1, 0.15) is 5.75 Å². The first kappa shape index (κ1) is 16.1. The van der Waals surface area contributed by atoms with Crippen molar-refractivity contribution in [1.29, 1.82) is 0 Å². The predicted octanol–water partition coefficient (Wildman–Crippen LogP) is 1.49. The van der Waals surface area contributed by atoms with Crippen LogP contribution in [0.2, 0.25) is 0 Å². The van der Waals surface area contributed by atoms with Gasteiger partial charge in [0.25, 0.3) is 0 Å². The van der Waals surface area contributed by atoms with Gasteiger partial charge in [-0.05, 0) is 43.5 Å². The van der Waals surface area contributed by atoms with Crippen LogP contribution in [0.1, 0.15) is 13.3 Å². The number of methoxy groups -OCH3 is 1. The monoisotopic (exact) mass is 317 g/mol. The standard InChI is InChI=1S/C18H27N3O2/c1-13(15-10-19-11-15)18(22)20-9-14-6-7-21(12-14)16-4-3-5-17(8-16)23-2/h3-5,8,13-15,19H,6-7,9-12H2,1-2H3,(H,20,22). The van der Waals surface area contributed by atoms with Crippen molar-refractivity contribution >= 4 is 11.6 Å². The number of nitrogens with zero attached hydrogens (tertiary/aromatic N) is 1. The highest BCUT2D eigenvalue weighted by molar-refractivity contribution is 5.78. The van der Waals surface area contributed by atoms with Crippen LogP contribution in [-0.2, 0) is 4.79 Å². The quantitative estimate of drug-likeness (QED) is 0.835. The third-order valence-corrected chi connectivity index (χ3v) is 5.20. The topological polar surface area (TPSA) is 53.6 Å². The van der Waals surface area contributed by atoms with E-state index in [1.165, 1.54) is 5.69 Å². The average molecular weight is 317 g/mol. The highest BCUT2D eigenvalue weighted by atomic mass is 16.5. The third kappa shape index (κ3) is 3.78. The lowest BCUT2D eigenvalue weighted by Gasteiger charge is -2.32. The van der Waals surface area contributed by atoms with Crippen LogP contribution in [0.5, 0.6) is 5.75 Å². The Bertz CT molecular complexity index is 545. The number of carbonyl (C=O) groups is 1. The number of benzene rings is 1. The van der Waals surface area contributed by atoms with Gasteiger partial charge in [0, 0.05) is 37.3 Å². The maximum Gasteiger partial charge on any atom is 0.223 e. The molecule has 0 spiro atoms. The number of carbonyl (C=O) groups excluding carboxylic acids is 1. The minimum atomic E-state index is 0.118. The first-order chi connectivity index (χ1) is 11.2. The molecule has 1 aromatic carbocycles. The van der Waals surface area contributed by atoms with E-state index in [2.05, 4.69) is 27.7 Å². The molecule has 2 unspecified atom stereocenters. The summed E-state index contributed by atoms with van der Waals surface area (Å²) in [5.41, 5.74) is 1.20. The average Bonchev–Trinajstić information content (AvgIpc) is 3.00. The molecule has 2 aliphatic rings. The zero-order valence-electron chi connectivity index (χ0n) is 14.0. The Morgan fingerprint density at radius 2 is 2.30 bits per heavy atom. The minimum Gasteiger partial charge on any atom is -0.497 e. The molecule has 0 aliphatic carbocycles. The largest absolute Gasteiger partial charge is 0.497 e. The van der Waals surface area contributed by atoms with Crippen molar-refractivity contribution in [2.75, 3.05) is 44.7 Å². The summed E-state index contributed by atoms with van der Waals surface area (Å²) in [6.07, 6.45) is 1.12. The van der Waals surface area contributed by atoms with Crippen molar-refractivity contribution in [2.45, 2.75) is 13.3 Å². The number of hydrogen-bond acceptors (Lipinski definition) is 4. The van der Waals surface area contributed by atoms with Gasteiger partial charge in [0.2, 0.25) is 5.91 Å². The molecule has 2 aliphatic heterocycles. The number of amides is 1. The summed E-state index contributed by atoms with van der Waals surface area (Å²) in [5, 5.41) is 6.38. The number of ether oxygens (including phenoxy) is 1. The molecule has 126 valence electrons. The molecule has 0 radical (unpaired) electrons. The van der Waals surface area contributed by atoms with Gasteiger partial charge >= 0.3 is 0 Å². The van der Waals surface area contributed by atoms with Crippen LogP contribution in [-0.4, -0.2) is 45.7 Å². The fourth-order valence-corrected chi connectivity index (χ4v) is 3.33. The van der Waals surface area contributed by atoms with Gasteiger partial charge in [-0.1, -0.05) is 13.0 Å². The molecule has 1 aromatic rings. The molecule has 0 aromatic heterocycles. The molecular formula is C18H27N3O2. The highest BCUT2D eigenvalue weighted by Crippen LogP contribution is 2.26. The molecule has 1 amide bonds. The van der Waals surface area contributed by atoms with Crippen LogP contribution < -0.4 is 20.3 Å². The second-order valence-corrected chi connectivity index (χ2v) is 6.75. The maximum atomic E-state index is 12.2. The van der Waals surface area contributed by atoms with Crippen molar-refractivity contribution in [3.63, 3.8) is 0 Å². The van der Waals surface area contributed by atoms with Gasteiger partial charge in [-0.25, -0.2) is 0 Å². The van der Waals surface area contributed by atoms with Crippen molar-refractivity contribution in [1.82, 2.24) is 10.6 Å². The summed E-state index contributed by atoms with van der Waals surface area (Å²) < 4.78 is 5.30. The van der Waals surface area contributed by atoms with Crippen LogP contribution in [0.15, 0.2) is 24.3 Å². The van der Waals surface area contributed by atoms with Crippen molar-refractivity contribution in [2.24, 2.45) is 17.8 Å². The predicted molar refractivity (Wildman–Crippen MR) is 91.8 cm³/mol. The molecular weight excluding hydrogens is 290 g/mol. The molecule has 2 heterocycles. The SMILES string of the molecule is COc1cccc(N2CCC(CNC(=O)C(C)C3CNC3)C2)c1. The zero-order chi connectivity index (χ0) is 16.2. The summed E-state index contributed by atoms with van der Waals surface area (Å²) in [4.78, 5) is 14.6. The Morgan fingerprint density at radius 3 is 3.00 bits per heavy atom. The lowest BCUT2D eigenvalue weighted by atomic mass is 9.88. The Morgan fingerprint density at radius 1 is 1.48 bits per heavy atom. The Hall–Kier alpha value is -1.75. The minimum absolute atomic E-state index is 0.118. The zero-order valence-corrected chi connectivity index (χ0v) is 14.0. The first-order valence-corrected chi connectivity index (χ1v) is 8.55. The molecule has 0 saturated carbocycles. The van der Waals surface area contributed by atoms with Gasteiger partial charge in [0.15, 0.2) is 0 Å². The summed E-state index contributed by atoms with van der Waals surface area (Å²) in [5.74, 6) is 2.24. The van der Waals surface area contributed by atoms with Crippen molar-refractivity contribution in [3.05, 3.63) is 24.3 Å². The van der Waals surface area contributed by atoms with E-state index in [1.807, 2.05) is 19.1 Å². The Labute approximate surface area is 138 Å². The van der Waals surface area contributed by atoms with Gasteiger partial charge in [-0.15, -0.1) is 0 Å². The van der Waals surface area contributed by atoms with Crippen molar-refractivity contribution in [3.8, 4) is 5.75 Å². The molecule has 0 bridgehead atoms. The van der Waals surface area contributed by atoms with Gasteiger partial charge < -0.3 is 20.3 Å². The third-order valence-electron chi connectivity index (χ3n) is 5.20. The highest BCUT2D eigenvalue weighted by Gasteiger charge is 2.29.